The second-order valence-electron chi connectivity index (χ2n) is 7.20. The Morgan fingerprint density at radius 1 is 0.964 bits per heavy atom. The van der Waals surface area contributed by atoms with Crippen molar-refractivity contribution in [3.8, 4) is 5.75 Å². The van der Waals surface area contributed by atoms with E-state index in [2.05, 4.69) is 68.8 Å². The molecule has 1 aromatic heterocycles. The molecule has 0 aliphatic carbocycles. The largest absolute Gasteiger partial charge is 0.497 e. The minimum absolute atomic E-state index is 0.0446. The smallest absolute Gasteiger partial charge is 0.173 e. The van der Waals surface area contributed by atoms with Gasteiger partial charge in [0.1, 0.15) is 5.75 Å². The molecule has 0 radical (unpaired) electrons. The van der Waals surface area contributed by atoms with Gasteiger partial charge in [0.25, 0.3) is 0 Å². The highest BCUT2D eigenvalue weighted by atomic mass is 16.5. The van der Waals surface area contributed by atoms with Gasteiger partial charge >= 0.3 is 0 Å². The number of piperazine rings is 1. The number of likely N-dealkylation sites (N-methyl/N-ethyl adjacent to an activating group) is 1. The Morgan fingerprint density at radius 2 is 1.68 bits per heavy atom. The highest BCUT2D eigenvalue weighted by molar-refractivity contribution is 5.28. The van der Waals surface area contributed by atoms with E-state index in [1.165, 1.54) is 5.56 Å². The van der Waals surface area contributed by atoms with Gasteiger partial charge in [0.05, 0.1) is 19.7 Å². The Bertz CT molecular complexity index is 871. The fraction of sp³-hybridized carbons (Fsp3) is 0.381. The van der Waals surface area contributed by atoms with Gasteiger partial charge in [-0.3, -0.25) is 4.90 Å². The molecule has 7 nitrogen and oxygen atoms in total. The summed E-state index contributed by atoms with van der Waals surface area (Å²) in [6, 6.07) is 18.6. The van der Waals surface area contributed by atoms with Gasteiger partial charge in [0.2, 0.25) is 0 Å². The van der Waals surface area contributed by atoms with Gasteiger partial charge in [-0.2, -0.15) is 0 Å². The molecule has 2 heterocycles. The number of methoxy groups -OCH3 is 1. The minimum Gasteiger partial charge on any atom is -0.497 e. The van der Waals surface area contributed by atoms with E-state index in [0.29, 0.717) is 6.54 Å². The Balaban J connectivity index is 1.64. The van der Waals surface area contributed by atoms with Crippen LogP contribution in [0.2, 0.25) is 0 Å². The van der Waals surface area contributed by atoms with Crippen molar-refractivity contribution in [1.29, 1.82) is 0 Å². The van der Waals surface area contributed by atoms with Gasteiger partial charge in [-0.1, -0.05) is 42.5 Å². The Morgan fingerprint density at radius 3 is 2.36 bits per heavy atom. The maximum absolute atomic E-state index is 5.25. The molecule has 1 fully saturated rings. The van der Waals surface area contributed by atoms with Gasteiger partial charge in [0, 0.05) is 26.2 Å². The first-order chi connectivity index (χ1) is 13.7. The molecule has 0 spiro atoms. The Hall–Kier alpha value is -2.77. The number of hydrogen-bond acceptors (Lipinski definition) is 6. The molecule has 0 saturated carbocycles. The quantitative estimate of drug-likeness (QED) is 0.654. The molecule has 2 aromatic carbocycles. The zero-order chi connectivity index (χ0) is 19.3. The van der Waals surface area contributed by atoms with Gasteiger partial charge in [-0.25, -0.2) is 4.68 Å². The van der Waals surface area contributed by atoms with Crippen LogP contribution in [0.4, 0.5) is 0 Å². The molecule has 0 amide bonds. The lowest BCUT2D eigenvalue weighted by atomic mass is 10.0. The molecular formula is C21H26N6O. The third kappa shape index (κ3) is 4.05. The van der Waals surface area contributed by atoms with Crippen molar-refractivity contribution in [3.63, 3.8) is 0 Å². The topological polar surface area (TPSA) is 59.3 Å². The zero-order valence-corrected chi connectivity index (χ0v) is 16.4. The lowest BCUT2D eigenvalue weighted by Gasteiger charge is -2.37. The molecule has 1 aliphatic rings. The van der Waals surface area contributed by atoms with Crippen LogP contribution >= 0.6 is 0 Å². The maximum atomic E-state index is 5.25. The summed E-state index contributed by atoms with van der Waals surface area (Å²) in [4.78, 5) is 4.84. The second-order valence-corrected chi connectivity index (χ2v) is 7.20. The molecule has 1 saturated heterocycles. The summed E-state index contributed by atoms with van der Waals surface area (Å²) in [5.74, 6) is 1.73. The van der Waals surface area contributed by atoms with Crippen LogP contribution in [-0.2, 0) is 6.54 Å². The van der Waals surface area contributed by atoms with E-state index in [1.807, 2.05) is 22.9 Å². The van der Waals surface area contributed by atoms with Crippen molar-refractivity contribution in [2.45, 2.75) is 12.6 Å². The fourth-order valence-electron chi connectivity index (χ4n) is 3.66. The van der Waals surface area contributed by atoms with E-state index in [9.17, 15) is 0 Å². The number of rotatable bonds is 6. The van der Waals surface area contributed by atoms with E-state index in [4.69, 9.17) is 4.74 Å². The first kappa shape index (κ1) is 18.6. The number of aromatic nitrogens is 4. The first-order valence-electron chi connectivity index (χ1n) is 9.61. The van der Waals surface area contributed by atoms with E-state index >= 15 is 0 Å². The minimum atomic E-state index is 0.0446. The average Bonchev–Trinajstić information content (AvgIpc) is 3.19. The third-order valence-corrected chi connectivity index (χ3v) is 5.31. The van der Waals surface area contributed by atoms with Gasteiger partial charge in [-0.15, -0.1) is 5.10 Å². The van der Waals surface area contributed by atoms with E-state index < -0.39 is 0 Å². The van der Waals surface area contributed by atoms with Gasteiger partial charge < -0.3 is 9.64 Å². The molecule has 1 aliphatic heterocycles. The van der Waals surface area contributed by atoms with Gasteiger partial charge in [-0.05, 0) is 40.7 Å². The molecule has 4 rings (SSSR count). The van der Waals surface area contributed by atoms with Crippen LogP contribution in [-0.4, -0.2) is 70.3 Å². The predicted molar refractivity (Wildman–Crippen MR) is 107 cm³/mol. The maximum Gasteiger partial charge on any atom is 0.173 e. The SMILES string of the molecule is COc1ccc(Cn2nnnc2[C@@H](c2ccccc2)N2CCN(C)CC2)cc1. The number of ether oxygens (including phenoxy) is 1. The first-order valence-corrected chi connectivity index (χ1v) is 9.61. The molecule has 0 unspecified atom stereocenters. The Kier molecular flexibility index (Phi) is 5.64. The zero-order valence-electron chi connectivity index (χ0n) is 16.4. The fourth-order valence-corrected chi connectivity index (χ4v) is 3.66. The van der Waals surface area contributed by atoms with Crippen molar-refractivity contribution in [3.05, 3.63) is 71.5 Å². The lowest BCUT2D eigenvalue weighted by Crippen LogP contribution is -2.46. The van der Waals surface area contributed by atoms with Crippen LogP contribution in [0.25, 0.3) is 0 Å². The van der Waals surface area contributed by atoms with E-state index in [1.54, 1.807) is 7.11 Å². The number of nitrogens with zero attached hydrogens (tertiary/aromatic N) is 6. The van der Waals surface area contributed by atoms with Crippen molar-refractivity contribution >= 4 is 0 Å². The number of benzene rings is 2. The highest BCUT2D eigenvalue weighted by Crippen LogP contribution is 2.28. The number of tetrazole rings is 1. The molecule has 7 heteroatoms. The van der Waals surface area contributed by atoms with Crippen LogP contribution in [0, 0.1) is 0 Å². The predicted octanol–water partition coefficient (Wildman–Crippen LogP) is 2.07. The monoisotopic (exact) mass is 378 g/mol. The molecule has 146 valence electrons. The van der Waals surface area contributed by atoms with Crippen LogP contribution in [0.15, 0.2) is 54.6 Å². The molecule has 0 N–H and O–H groups in total. The van der Waals surface area contributed by atoms with Crippen molar-refractivity contribution < 1.29 is 4.74 Å². The summed E-state index contributed by atoms with van der Waals surface area (Å²) in [6.07, 6.45) is 0. The summed E-state index contributed by atoms with van der Waals surface area (Å²) in [5, 5.41) is 12.7. The van der Waals surface area contributed by atoms with Crippen LogP contribution in [0.5, 0.6) is 5.75 Å². The summed E-state index contributed by atoms with van der Waals surface area (Å²) >= 11 is 0. The van der Waals surface area contributed by atoms with Crippen molar-refractivity contribution in [2.75, 3.05) is 40.3 Å². The summed E-state index contributed by atoms with van der Waals surface area (Å²) in [5.41, 5.74) is 2.36. The third-order valence-electron chi connectivity index (χ3n) is 5.31. The normalized spacial score (nSPS) is 16.8. The molecule has 3 aromatic rings. The lowest BCUT2D eigenvalue weighted by molar-refractivity contribution is 0.121. The number of hydrogen-bond donors (Lipinski definition) is 0. The van der Waals surface area contributed by atoms with Gasteiger partial charge in [0.15, 0.2) is 5.82 Å². The molecule has 0 bridgehead atoms. The van der Waals surface area contributed by atoms with Crippen LogP contribution < -0.4 is 4.74 Å². The van der Waals surface area contributed by atoms with E-state index in [-0.39, 0.29) is 6.04 Å². The van der Waals surface area contributed by atoms with Crippen molar-refractivity contribution in [1.82, 2.24) is 30.0 Å². The Labute approximate surface area is 165 Å². The summed E-state index contributed by atoms with van der Waals surface area (Å²) in [6.45, 7) is 4.70. The summed E-state index contributed by atoms with van der Waals surface area (Å²) in [7, 11) is 3.84. The van der Waals surface area contributed by atoms with Crippen LogP contribution in [0.1, 0.15) is 23.0 Å². The average molecular weight is 378 g/mol. The van der Waals surface area contributed by atoms with E-state index in [0.717, 1.165) is 43.3 Å². The second kappa shape index (κ2) is 8.50. The van der Waals surface area contributed by atoms with Crippen molar-refractivity contribution in [2.24, 2.45) is 0 Å². The standard InChI is InChI=1S/C21H26N6O/c1-25-12-14-26(15-13-25)20(18-6-4-3-5-7-18)21-22-23-24-27(21)16-17-8-10-19(28-2)11-9-17/h3-11,20H,12-16H2,1-2H3/t20-/m1/s1. The molecule has 28 heavy (non-hydrogen) atoms. The summed E-state index contributed by atoms with van der Waals surface area (Å²) < 4.78 is 7.17. The van der Waals surface area contributed by atoms with Crippen LogP contribution in [0.3, 0.4) is 0 Å². The molecular weight excluding hydrogens is 352 g/mol. The highest BCUT2D eigenvalue weighted by Gasteiger charge is 2.29. The molecule has 1 atom stereocenters.